The first-order chi connectivity index (χ1) is 12.9. The van der Waals surface area contributed by atoms with Gasteiger partial charge in [-0.25, -0.2) is 0 Å². The van der Waals surface area contributed by atoms with E-state index in [-0.39, 0.29) is 5.56 Å². The first-order valence-electron chi connectivity index (χ1n) is 8.09. The van der Waals surface area contributed by atoms with Crippen molar-refractivity contribution >= 4 is 11.6 Å². The summed E-state index contributed by atoms with van der Waals surface area (Å²) in [5, 5.41) is 2.55. The number of aromatic nitrogens is 1. The van der Waals surface area contributed by atoms with Gasteiger partial charge >= 0.3 is 6.18 Å². The van der Waals surface area contributed by atoms with Gasteiger partial charge in [0, 0.05) is 18.1 Å². The molecule has 1 amide bonds. The van der Waals surface area contributed by atoms with Crippen molar-refractivity contribution in [1.29, 1.82) is 0 Å². The third-order valence-electron chi connectivity index (χ3n) is 4.05. The zero-order valence-corrected chi connectivity index (χ0v) is 14.1. The van der Waals surface area contributed by atoms with Crippen LogP contribution in [0, 0.1) is 0 Å². The minimum atomic E-state index is -4.58. The summed E-state index contributed by atoms with van der Waals surface area (Å²) in [5.41, 5.74) is 6.92. The number of benzene rings is 2. The highest BCUT2D eigenvalue weighted by Gasteiger charge is 2.35. The van der Waals surface area contributed by atoms with Crippen molar-refractivity contribution in [3.63, 3.8) is 0 Å². The Bertz CT molecular complexity index is 925. The first-order valence-corrected chi connectivity index (χ1v) is 8.09. The molecule has 0 spiro atoms. The Balaban J connectivity index is 1.76. The van der Waals surface area contributed by atoms with Crippen LogP contribution in [-0.4, -0.2) is 10.9 Å². The molecule has 3 N–H and O–H groups in total. The van der Waals surface area contributed by atoms with Crippen LogP contribution >= 0.6 is 0 Å². The normalized spacial score (nSPS) is 12.4. The summed E-state index contributed by atoms with van der Waals surface area (Å²) < 4.78 is 39.3. The Kier molecular flexibility index (Phi) is 5.23. The van der Waals surface area contributed by atoms with Gasteiger partial charge in [0.15, 0.2) is 0 Å². The number of nitrogens with zero attached hydrogens (tertiary/aromatic N) is 1. The fourth-order valence-corrected chi connectivity index (χ4v) is 2.68. The van der Waals surface area contributed by atoms with E-state index in [0.29, 0.717) is 5.69 Å². The van der Waals surface area contributed by atoms with E-state index in [4.69, 9.17) is 5.73 Å². The summed E-state index contributed by atoms with van der Waals surface area (Å²) in [5.74, 6) is -0.719. The van der Waals surface area contributed by atoms with E-state index in [1.165, 1.54) is 18.2 Å². The van der Waals surface area contributed by atoms with Crippen LogP contribution in [0.15, 0.2) is 73.1 Å². The topological polar surface area (TPSA) is 68.0 Å². The van der Waals surface area contributed by atoms with Crippen LogP contribution in [0.4, 0.5) is 18.9 Å². The smallest absolute Gasteiger partial charge is 0.324 e. The summed E-state index contributed by atoms with van der Waals surface area (Å²) in [6.07, 6.45) is -1.25. The van der Waals surface area contributed by atoms with E-state index >= 15 is 0 Å². The maximum Gasteiger partial charge on any atom is 0.416 e. The van der Waals surface area contributed by atoms with Gasteiger partial charge in [0.1, 0.15) is 6.04 Å². The SMILES string of the molecule is N[C@H](C(=O)Nc1ccc(-c2ccncc2)cc1)c1ccccc1C(F)(F)F. The Morgan fingerprint density at radius 1 is 0.926 bits per heavy atom. The minimum Gasteiger partial charge on any atom is -0.324 e. The zero-order valence-electron chi connectivity index (χ0n) is 14.1. The van der Waals surface area contributed by atoms with E-state index in [1.54, 1.807) is 36.7 Å². The van der Waals surface area contributed by atoms with Gasteiger partial charge in [-0.3, -0.25) is 9.78 Å². The van der Waals surface area contributed by atoms with E-state index in [9.17, 15) is 18.0 Å². The van der Waals surface area contributed by atoms with Gasteiger partial charge in [0.05, 0.1) is 5.56 Å². The largest absolute Gasteiger partial charge is 0.416 e. The minimum absolute atomic E-state index is 0.268. The van der Waals surface area contributed by atoms with Crippen molar-refractivity contribution in [3.8, 4) is 11.1 Å². The lowest BCUT2D eigenvalue weighted by molar-refractivity contribution is -0.138. The molecule has 1 aromatic heterocycles. The van der Waals surface area contributed by atoms with Gasteiger partial charge in [-0.2, -0.15) is 13.2 Å². The lowest BCUT2D eigenvalue weighted by Crippen LogP contribution is -2.29. The number of alkyl halides is 3. The first kappa shape index (κ1) is 18.6. The molecule has 0 saturated heterocycles. The Morgan fingerprint density at radius 2 is 1.52 bits per heavy atom. The molecule has 0 aliphatic rings. The molecule has 27 heavy (non-hydrogen) atoms. The number of hydrogen-bond donors (Lipinski definition) is 2. The number of amides is 1. The lowest BCUT2D eigenvalue weighted by Gasteiger charge is -2.18. The molecule has 0 bridgehead atoms. The fourth-order valence-electron chi connectivity index (χ4n) is 2.68. The molecule has 2 aromatic carbocycles. The van der Waals surface area contributed by atoms with Crippen molar-refractivity contribution in [2.75, 3.05) is 5.32 Å². The Hall–Kier alpha value is -3.19. The van der Waals surface area contributed by atoms with Crippen molar-refractivity contribution in [1.82, 2.24) is 4.98 Å². The number of hydrogen-bond acceptors (Lipinski definition) is 3. The Labute approximate surface area is 153 Å². The number of carbonyl (C=O) groups is 1. The van der Waals surface area contributed by atoms with E-state index < -0.39 is 23.7 Å². The number of nitrogens with two attached hydrogens (primary N) is 1. The standard InChI is InChI=1S/C20H16F3N3O/c21-20(22,23)17-4-2-1-3-16(17)18(24)19(27)26-15-7-5-13(6-8-15)14-9-11-25-12-10-14/h1-12,18H,24H2,(H,26,27)/t18-/m0/s1. The van der Waals surface area contributed by atoms with Gasteiger partial charge in [-0.05, 0) is 47.0 Å². The van der Waals surface area contributed by atoms with Crippen LogP contribution in [0.3, 0.4) is 0 Å². The van der Waals surface area contributed by atoms with Gasteiger partial charge < -0.3 is 11.1 Å². The average molecular weight is 371 g/mol. The van der Waals surface area contributed by atoms with E-state index in [0.717, 1.165) is 17.2 Å². The molecule has 0 aliphatic heterocycles. The van der Waals surface area contributed by atoms with Crippen molar-refractivity contribution in [3.05, 3.63) is 84.2 Å². The highest BCUT2D eigenvalue weighted by Crippen LogP contribution is 2.34. The second-order valence-corrected chi connectivity index (χ2v) is 5.87. The number of rotatable bonds is 4. The predicted octanol–water partition coefficient (Wildman–Crippen LogP) is 4.41. The summed E-state index contributed by atoms with van der Waals surface area (Å²) in [6.45, 7) is 0. The van der Waals surface area contributed by atoms with Crippen molar-refractivity contribution in [2.45, 2.75) is 12.2 Å². The molecule has 0 unspecified atom stereocenters. The van der Waals surface area contributed by atoms with Crippen LogP contribution in [0.25, 0.3) is 11.1 Å². The maximum atomic E-state index is 13.1. The van der Waals surface area contributed by atoms with Crippen LogP contribution in [-0.2, 0) is 11.0 Å². The summed E-state index contributed by atoms with van der Waals surface area (Å²) in [4.78, 5) is 16.3. The maximum absolute atomic E-state index is 13.1. The van der Waals surface area contributed by atoms with Gasteiger partial charge in [0.25, 0.3) is 0 Å². The van der Waals surface area contributed by atoms with Crippen LogP contribution < -0.4 is 11.1 Å². The fraction of sp³-hybridized carbons (Fsp3) is 0.100. The second kappa shape index (κ2) is 7.59. The molecule has 0 fully saturated rings. The summed E-state index contributed by atoms with van der Waals surface area (Å²) >= 11 is 0. The van der Waals surface area contributed by atoms with Crippen LogP contribution in [0.1, 0.15) is 17.2 Å². The molecule has 3 rings (SSSR count). The molecule has 0 aliphatic carbocycles. The molecule has 3 aromatic rings. The third-order valence-corrected chi connectivity index (χ3v) is 4.05. The highest BCUT2D eigenvalue weighted by atomic mass is 19.4. The molecule has 138 valence electrons. The molecule has 0 radical (unpaired) electrons. The summed E-state index contributed by atoms with van der Waals surface area (Å²) in [7, 11) is 0. The number of anilines is 1. The van der Waals surface area contributed by atoms with Gasteiger partial charge in [0.2, 0.25) is 5.91 Å². The predicted molar refractivity (Wildman–Crippen MR) is 96.7 cm³/mol. The molecule has 1 heterocycles. The Morgan fingerprint density at radius 3 is 2.15 bits per heavy atom. The molecule has 0 saturated carbocycles. The monoisotopic (exact) mass is 371 g/mol. The van der Waals surface area contributed by atoms with Crippen molar-refractivity contribution in [2.24, 2.45) is 5.73 Å². The lowest BCUT2D eigenvalue weighted by atomic mass is 9.99. The zero-order chi connectivity index (χ0) is 19.4. The number of carbonyl (C=O) groups excluding carboxylic acids is 1. The second-order valence-electron chi connectivity index (χ2n) is 5.87. The number of halogens is 3. The molecule has 7 heteroatoms. The van der Waals surface area contributed by atoms with Gasteiger partial charge in [-0.15, -0.1) is 0 Å². The van der Waals surface area contributed by atoms with Crippen LogP contribution in [0.2, 0.25) is 0 Å². The molecular weight excluding hydrogens is 355 g/mol. The number of pyridine rings is 1. The number of nitrogens with one attached hydrogen (secondary N) is 1. The highest BCUT2D eigenvalue weighted by molar-refractivity contribution is 5.95. The van der Waals surface area contributed by atoms with Gasteiger partial charge in [-0.1, -0.05) is 30.3 Å². The summed E-state index contributed by atoms with van der Waals surface area (Å²) in [6, 6.07) is 14.0. The molecule has 1 atom stereocenters. The molecule has 4 nitrogen and oxygen atoms in total. The molecular formula is C20H16F3N3O. The quantitative estimate of drug-likeness (QED) is 0.714. The third kappa shape index (κ3) is 4.32. The van der Waals surface area contributed by atoms with Crippen LogP contribution in [0.5, 0.6) is 0 Å². The van der Waals surface area contributed by atoms with E-state index in [2.05, 4.69) is 10.3 Å². The van der Waals surface area contributed by atoms with Crippen molar-refractivity contribution < 1.29 is 18.0 Å². The average Bonchev–Trinajstić information content (AvgIpc) is 2.68. The van der Waals surface area contributed by atoms with E-state index in [1.807, 2.05) is 12.1 Å².